The van der Waals surface area contributed by atoms with Crippen LogP contribution >= 0.6 is 22.9 Å². The van der Waals surface area contributed by atoms with Crippen LogP contribution in [0.4, 0.5) is 0 Å². The van der Waals surface area contributed by atoms with Gasteiger partial charge in [0.2, 0.25) is 0 Å². The second kappa shape index (κ2) is 7.14. The molecule has 0 fully saturated rings. The molecular formula is C20H21ClO4S. The summed E-state index contributed by atoms with van der Waals surface area (Å²) >= 11 is 7.43. The topological polar surface area (TPSA) is 63.6 Å². The number of carbonyl (C=O) groups excluding carboxylic acids is 2. The van der Waals surface area contributed by atoms with E-state index in [1.807, 2.05) is 13.8 Å². The Morgan fingerprint density at radius 3 is 2.50 bits per heavy atom. The van der Waals surface area contributed by atoms with E-state index in [4.69, 9.17) is 16.3 Å². The maximum atomic E-state index is 13.3. The van der Waals surface area contributed by atoms with Crippen molar-refractivity contribution in [1.29, 1.82) is 0 Å². The molecule has 3 rings (SSSR count). The van der Waals surface area contributed by atoms with Gasteiger partial charge in [-0.2, -0.15) is 0 Å². The maximum absolute atomic E-state index is 13.3. The number of rotatable bonds is 5. The van der Waals surface area contributed by atoms with Gasteiger partial charge in [0.1, 0.15) is 17.5 Å². The number of hydrogen-bond donors (Lipinski definition) is 1. The third-order valence-corrected chi connectivity index (χ3v) is 6.60. The lowest BCUT2D eigenvalue weighted by Crippen LogP contribution is -2.54. The van der Waals surface area contributed by atoms with Gasteiger partial charge < -0.3 is 9.84 Å². The number of aliphatic hydroxyl groups is 1. The van der Waals surface area contributed by atoms with Crippen LogP contribution in [0.2, 0.25) is 5.02 Å². The van der Waals surface area contributed by atoms with Gasteiger partial charge in [0.05, 0.1) is 15.8 Å². The van der Waals surface area contributed by atoms with E-state index in [-0.39, 0.29) is 11.6 Å². The average molecular weight is 393 g/mol. The Morgan fingerprint density at radius 1 is 1.27 bits per heavy atom. The molecule has 0 amide bonds. The minimum Gasteiger partial charge on any atom is -0.484 e. The Bertz CT molecular complexity index is 853. The molecule has 0 radical (unpaired) electrons. The standard InChI is InChI=1S/C20H21ClO4S/c1-4-20(5-2)19(24)16(17(23)18-14(21)8-9-26-18)13-10-12(11(3)22)6-7-15(13)25-20/h6-10,16,19,24H,4-5H2,1-3H3/t16-,19+/m1/s1. The van der Waals surface area contributed by atoms with Crippen LogP contribution in [-0.2, 0) is 0 Å². The van der Waals surface area contributed by atoms with Crippen LogP contribution in [0.3, 0.4) is 0 Å². The highest BCUT2D eigenvalue weighted by molar-refractivity contribution is 7.12. The fraction of sp³-hybridized carbons (Fsp3) is 0.400. The Labute approximate surface area is 161 Å². The molecule has 1 aromatic carbocycles. The third kappa shape index (κ3) is 2.98. The number of benzene rings is 1. The molecule has 0 saturated heterocycles. The van der Waals surface area contributed by atoms with Crippen molar-refractivity contribution in [3.05, 3.63) is 50.7 Å². The highest BCUT2D eigenvalue weighted by Crippen LogP contribution is 2.46. The molecule has 4 nitrogen and oxygen atoms in total. The lowest BCUT2D eigenvalue weighted by Gasteiger charge is -2.45. The van der Waals surface area contributed by atoms with Gasteiger partial charge in [-0.15, -0.1) is 11.3 Å². The minimum absolute atomic E-state index is 0.106. The number of carbonyl (C=O) groups is 2. The first-order valence-corrected chi connectivity index (χ1v) is 9.89. The van der Waals surface area contributed by atoms with Gasteiger partial charge in [-0.3, -0.25) is 9.59 Å². The van der Waals surface area contributed by atoms with Crippen LogP contribution in [0.25, 0.3) is 0 Å². The Morgan fingerprint density at radius 2 is 1.96 bits per heavy atom. The normalized spacial score (nSPS) is 21.0. The molecule has 1 aliphatic rings. The van der Waals surface area contributed by atoms with Crippen molar-refractivity contribution in [3.8, 4) is 5.75 Å². The summed E-state index contributed by atoms with van der Waals surface area (Å²) in [6, 6.07) is 6.73. The number of fused-ring (bicyclic) bond motifs is 1. The highest BCUT2D eigenvalue weighted by atomic mass is 35.5. The summed E-state index contributed by atoms with van der Waals surface area (Å²) < 4.78 is 6.15. The number of ether oxygens (including phenoxy) is 1. The Hall–Kier alpha value is -1.69. The summed E-state index contributed by atoms with van der Waals surface area (Å²) in [5, 5.41) is 13.3. The van der Waals surface area contributed by atoms with Crippen molar-refractivity contribution in [1.82, 2.24) is 0 Å². The first-order chi connectivity index (χ1) is 12.3. The minimum atomic E-state index is -1.03. The molecule has 0 unspecified atom stereocenters. The van der Waals surface area contributed by atoms with Crippen LogP contribution < -0.4 is 4.74 Å². The fourth-order valence-electron chi connectivity index (χ4n) is 3.56. The molecule has 138 valence electrons. The number of thiophene rings is 1. The summed E-state index contributed by atoms with van der Waals surface area (Å²) in [7, 11) is 0. The lowest BCUT2D eigenvalue weighted by atomic mass is 9.74. The van der Waals surface area contributed by atoms with Crippen molar-refractivity contribution in [2.24, 2.45) is 0 Å². The Balaban J connectivity index is 2.19. The van der Waals surface area contributed by atoms with Gasteiger partial charge in [-0.1, -0.05) is 25.4 Å². The molecule has 1 N–H and O–H groups in total. The number of halogens is 1. The van der Waals surface area contributed by atoms with Crippen LogP contribution in [0.5, 0.6) is 5.75 Å². The van der Waals surface area contributed by atoms with Gasteiger partial charge in [-0.25, -0.2) is 0 Å². The summed E-state index contributed by atoms with van der Waals surface area (Å²) in [6.45, 7) is 5.33. The number of aliphatic hydroxyl groups excluding tert-OH is 1. The van der Waals surface area contributed by atoms with Crippen LogP contribution in [0.15, 0.2) is 29.6 Å². The predicted octanol–water partition coefficient (Wildman–Crippen LogP) is 4.88. The summed E-state index contributed by atoms with van der Waals surface area (Å²) in [6.07, 6.45) is 0.0824. The lowest BCUT2D eigenvalue weighted by molar-refractivity contribution is -0.0807. The van der Waals surface area contributed by atoms with E-state index in [1.54, 1.807) is 29.6 Å². The van der Waals surface area contributed by atoms with Crippen LogP contribution in [0, 0.1) is 0 Å². The van der Waals surface area contributed by atoms with E-state index >= 15 is 0 Å². The Kier molecular flexibility index (Phi) is 5.24. The van der Waals surface area contributed by atoms with E-state index in [0.29, 0.717) is 39.6 Å². The molecule has 1 aliphatic heterocycles. The molecule has 0 saturated carbocycles. The average Bonchev–Trinajstić information content (AvgIpc) is 3.06. The van der Waals surface area contributed by atoms with Crippen molar-refractivity contribution >= 4 is 34.5 Å². The second-order valence-electron chi connectivity index (χ2n) is 6.57. The molecule has 2 heterocycles. The van der Waals surface area contributed by atoms with E-state index in [1.165, 1.54) is 18.3 Å². The number of Topliss-reactive ketones (excluding diaryl/α,β-unsaturated/α-hetero) is 2. The summed E-state index contributed by atoms with van der Waals surface area (Å²) in [5.74, 6) is -0.636. The van der Waals surface area contributed by atoms with Gasteiger partial charge in [0, 0.05) is 11.1 Å². The molecule has 2 atom stereocenters. The first kappa shape index (κ1) is 19.1. The predicted molar refractivity (Wildman–Crippen MR) is 103 cm³/mol. The third-order valence-electron chi connectivity index (χ3n) is 5.24. The van der Waals surface area contributed by atoms with E-state index in [0.717, 1.165) is 0 Å². The second-order valence-corrected chi connectivity index (χ2v) is 7.89. The quantitative estimate of drug-likeness (QED) is 0.736. The molecule has 0 bridgehead atoms. The first-order valence-electron chi connectivity index (χ1n) is 8.63. The summed E-state index contributed by atoms with van der Waals surface area (Å²) in [5.41, 5.74) is 0.168. The summed E-state index contributed by atoms with van der Waals surface area (Å²) in [4.78, 5) is 25.5. The van der Waals surface area contributed by atoms with Crippen molar-refractivity contribution in [3.63, 3.8) is 0 Å². The van der Waals surface area contributed by atoms with Gasteiger partial charge >= 0.3 is 0 Å². The molecule has 6 heteroatoms. The molecule has 2 aromatic rings. The van der Waals surface area contributed by atoms with Crippen molar-refractivity contribution in [2.45, 2.75) is 51.2 Å². The van der Waals surface area contributed by atoms with Gasteiger partial charge in [-0.05, 0) is 49.4 Å². The van der Waals surface area contributed by atoms with E-state index < -0.39 is 17.6 Å². The van der Waals surface area contributed by atoms with Crippen molar-refractivity contribution in [2.75, 3.05) is 0 Å². The molecule has 26 heavy (non-hydrogen) atoms. The van der Waals surface area contributed by atoms with Gasteiger partial charge in [0.25, 0.3) is 0 Å². The maximum Gasteiger partial charge on any atom is 0.184 e. The van der Waals surface area contributed by atoms with Crippen LogP contribution in [0.1, 0.15) is 65.1 Å². The zero-order valence-electron chi connectivity index (χ0n) is 14.9. The molecule has 1 aromatic heterocycles. The monoisotopic (exact) mass is 392 g/mol. The SMILES string of the molecule is CCC1(CC)Oc2ccc(C(C)=O)cc2[C@H](C(=O)c2sccc2Cl)[C@@H]1O. The largest absolute Gasteiger partial charge is 0.484 e. The van der Waals surface area contributed by atoms with E-state index in [2.05, 4.69) is 0 Å². The molecular weight excluding hydrogens is 372 g/mol. The number of ketones is 2. The van der Waals surface area contributed by atoms with E-state index in [9.17, 15) is 14.7 Å². The van der Waals surface area contributed by atoms with Gasteiger partial charge in [0.15, 0.2) is 11.6 Å². The zero-order chi connectivity index (χ0) is 19.1. The highest BCUT2D eigenvalue weighted by Gasteiger charge is 2.50. The fourth-order valence-corrected chi connectivity index (χ4v) is 4.69. The zero-order valence-corrected chi connectivity index (χ0v) is 16.5. The van der Waals surface area contributed by atoms with Crippen molar-refractivity contribution < 1.29 is 19.4 Å². The number of hydrogen-bond acceptors (Lipinski definition) is 5. The molecule has 0 aliphatic carbocycles. The smallest absolute Gasteiger partial charge is 0.184 e. The molecule has 0 spiro atoms. The van der Waals surface area contributed by atoms with Crippen LogP contribution in [-0.4, -0.2) is 28.4 Å².